The van der Waals surface area contributed by atoms with E-state index >= 15 is 0 Å². The van der Waals surface area contributed by atoms with Crippen molar-refractivity contribution in [3.63, 3.8) is 0 Å². The van der Waals surface area contributed by atoms with Crippen LogP contribution >= 0.6 is 0 Å². The third-order valence-corrected chi connectivity index (χ3v) is 6.92. The van der Waals surface area contributed by atoms with Crippen molar-refractivity contribution < 1.29 is 19.1 Å². The summed E-state index contributed by atoms with van der Waals surface area (Å²) in [6.07, 6.45) is 0. The Balaban J connectivity index is 1.39. The van der Waals surface area contributed by atoms with Gasteiger partial charge in [0.25, 0.3) is 5.91 Å². The Hall–Kier alpha value is -4.46. The molecule has 0 unspecified atom stereocenters. The molecule has 2 heterocycles. The highest BCUT2D eigenvalue weighted by atomic mass is 19.1. The lowest BCUT2D eigenvalue weighted by atomic mass is 10.1. The number of rotatable bonds is 5. The number of hydrogen-bond donors (Lipinski definition) is 2. The van der Waals surface area contributed by atoms with Gasteiger partial charge in [-0.1, -0.05) is 24.3 Å². The zero-order valence-electron chi connectivity index (χ0n) is 20.7. The number of anilines is 3. The summed E-state index contributed by atoms with van der Waals surface area (Å²) in [6, 6.07) is 18.5. The van der Waals surface area contributed by atoms with E-state index in [0.29, 0.717) is 35.5 Å². The molecule has 1 aliphatic heterocycles. The molecule has 0 bridgehead atoms. The molecule has 2 N–H and O–H groups in total. The van der Waals surface area contributed by atoms with Gasteiger partial charge in [-0.15, -0.1) is 0 Å². The van der Waals surface area contributed by atoms with Crippen LogP contribution in [0.3, 0.4) is 0 Å². The molecule has 0 spiro atoms. The molecule has 37 heavy (non-hydrogen) atoms. The lowest BCUT2D eigenvalue weighted by Gasteiger charge is -2.37. The average molecular weight is 499 g/mol. The molecular weight excluding hydrogens is 471 g/mol. The summed E-state index contributed by atoms with van der Waals surface area (Å²) in [5.74, 6) is -1.72. The second kappa shape index (κ2) is 9.89. The van der Waals surface area contributed by atoms with E-state index < -0.39 is 17.7 Å². The van der Waals surface area contributed by atoms with Gasteiger partial charge in [-0.05, 0) is 67.4 Å². The lowest BCUT2D eigenvalue weighted by molar-refractivity contribution is 0.0698. The SMILES string of the molecule is Cc1cccc(N2CCN(c3cc(C(=O)O)c4cc(NC(=O)c5ccccc5F)ccc4n3)CC2)c1C. The van der Waals surface area contributed by atoms with Gasteiger partial charge in [0.1, 0.15) is 11.6 Å². The summed E-state index contributed by atoms with van der Waals surface area (Å²) < 4.78 is 14.0. The van der Waals surface area contributed by atoms with E-state index in [1.165, 1.54) is 35.0 Å². The van der Waals surface area contributed by atoms with Crippen molar-refractivity contribution >= 4 is 40.0 Å². The number of piperazine rings is 1. The first kappa shape index (κ1) is 24.2. The normalized spacial score (nSPS) is 13.6. The highest BCUT2D eigenvalue weighted by molar-refractivity contribution is 6.08. The summed E-state index contributed by atoms with van der Waals surface area (Å²) >= 11 is 0. The summed E-state index contributed by atoms with van der Waals surface area (Å²) in [5.41, 5.74) is 4.63. The first-order chi connectivity index (χ1) is 17.8. The molecule has 5 rings (SSSR count). The maximum absolute atomic E-state index is 14.0. The number of carboxylic acid groups (broad SMARTS) is 1. The predicted molar refractivity (Wildman–Crippen MR) is 143 cm³/mol. The number of aryl methyl sites for hydroxylation is 1. The van der Waals surface area contributed by atoms with E-state index in [-0.39, 0.29) is 11.1 Å². The van der Waals surface area contributed by atoms with E-state index in [2.05, 4.69) is 47.2 Å². The van der Waals surface area contributed by atoms with Gasteiger partial charge in [0.15, 0.2) is 0 Å². The molecule has 188 valence electrons. The van der Waals surface area contributed by atoms with Crippen LogP contribution in [0.4, 0.5) is 21.6 Å². The maximum atomic E-state index is 14.0. The Labute approximate surface area is 214 Å². The Bertz CT molecular complexity index is 1510. The van der Waals surface area contributed by atoms with E-state index in [0.717, 1.165) is 13.1 Å². The second-order valence-corrected chi connectivity index (χ2v) is 9.19. The van der Waals surface area contributed by atoms with Gasteiger partial charge in [0.2, 0.25) is 0 Å². The second-order valence-electron chi connectivity index (χ2n) is 9.19. The summed E-state index contributed by atoms with van der Waals surface area (Å²) in [4.78, 5) is 33.9. The molecule has 1 aliphatic rings. The van der Waals surface area contributed by atoms with Crippen molar-refractivity contribution in [2.75, 3.05) is 41.3 Å². The maximum Gasteiger partial charge on any atom is 0.336 e. The minimum absolute atomic E-state index is 0.0884. The predicted octanol–water partition coefficient (Wildman–Crippen LogP) is 5.27. The molecule has 0 radical (unpaired) electrons. The van der Waals surface area contributed by atoms with Crippen molar-refractivity contribution in [1.29, 1.82) is 0 Å². The number of carbonyl (C=O) groups excluding carboxylic acids is 1. The lowest BCUT2D eigenvalue weighted by Crippen LogP contribution is -2.47. The average Bonchev–Trinajstić information content (AvgIpc) is 2.90. The first-order valence-electron chi connectivity index (χ1n) is 12.1. The van der Waals surface area contributed by atoms with E-state index in [1.807, 2.05) is 0 Å². The number of nitrogens with one attached hydrogen (secondary N) is 1. The Morgan fingerprint density at radius 3 is 2.35 bits per heavy atom. The van der Waals surface area contributed by atoms with Crippen molar-refractivity contribution in [3.05, 3.63) is 94.8 Å². The topological polar surface area (TPSA) is 85.8 Å². The van der Waals surface area contributed by atoms with Crippen LogP contribution in [0.2, 0.25) is 0 Å². The zero-order chi connectivity index (χ0) is 26.1. The molecule has 3 aromatic carbocycles. The third kappa shape index (κ3) is 4.82. The van der Waals surface area contributed by atoms with Gasteiger partial charge in [0, 0.05) is 42.9 Å². The fraction of sp³-hybridized carbons (Fsp3) is 0.207. The van der Waals surface area contributed by atoms with Gasteiger partial charge < -0.3 is 20.2 Å². The smallest absolute Gasteiger partial charge is 0.336 e. The van der Waals surface area contributed by atoms with Crippen LogP contribution in [0, 0.1) is 19.7 Å². The minimum Gasteiger partial charge on any atom is -0.478 e. The number of fused-ring (bicyclic) bond motifs is 1. The van der Waals surface area contributed by atoms with Gasteiger partial charge in [-0.25, -0.2) is 14.2 Å². The van der Waals surface area contributed by atoms with Crippen LogP contribution in [-0.2, 0) is 0 Å². The highest BCUT2D eigenvalue weighted by Gasteiger charge is 2.22. The molecule has 1 amide bonds. The molecular formula is C29H27FN4O3. The number of carboxylic acids is 1. The molecule has 0 atom stereocenters. The van der Waals surface area contributed by atoms with E-state index in [4.69, 9.17) is 4.98 Å². The van der Waals surface area contributed by atoms with E-state index in [1.54, 1.807) is 30.3 Å². The Kier molecular flexibility index (Phi) is 6.48. The summed E-state index contributed by atoms with van der Waals surface area (Å²) in [5, 5.41) is 13.0. The molecule has 1 saturated heterocycles. The number of aromatic carboxylic acids is 1. The molecule has 0 aliphatic carbocycles. The van der Waals surface area contributed by atoms with Crippen molar-refractivity contribution in [2.24, 2.45) is 0 Å². The summed E-state index contributed by atoms with van der Waals surface area (Å²) in [6.45, 7) is 7.26. The van der Waals surface area contributed by atoms with Crippen LogP contribution < -0.4 is 15.1 Å². The monoisotopic (exact) mass is 498 g/mol. The van der Waals surface area contributed by atoms with Crippen LogP contribution in [0.5, 0.6) is 0 Å². The number of hydrogen-bond acceptors (Lipinski definition) is 5. The molecule has 8 heteroatoms. The van der Waals surface area contributed by atoms with Gasteiger partial charge in [-0.3, -0.25) is 4.79 Å². The van der Waals surface area contributed by atoms with Crippen molar-refractivity contribution in [2.45, 2.75) is 13.8 Å². The van der Waals surface area contributed by atoms with Crippen LogP contribution in [0.25, 0.3) is 10.9 Å². The van der Waals surface area contributed by atoms with Gasteiger partial charge in [-0.2, -0.15) is 0 Å². The minimum atomic E-state index is -1.08. The van der Waals surface area contributed by atoms with Crippen molar-refractivity contribution in [3.8, 4) is 0 Å². The van der Waals surface area contributed by atoms with Crippen LogP contribution in [0.1, 0.15) is 31.8 Å². The number of aromatic nitrogens is 1. The van der Waals surface area contributed by atoms with E-state index in [9.17, 15) is 19.1 Å². The zero-order valence-corrected chi connectivity index (χ0v) is 20.7. The fourth-order valence-electron chi connectivity index (χ4n) is 4.73. The molecule has 1 aromatic heterocycles. The van der Waals surface area contributed by atoms with Crippen molar-refractivity contribution in [1.82, 2.24) is 4.98 Å². The standard InChI is InChI=1S/C29H27FN4O3/c1-18-6-5-9-26(19(18)2)33-12-14-34(15-13-33)27-17-23(29(36)37)22-16-20(10-11-25(22)32-27)31-28(35)21-7-3-4-8-24(21)30/h3-11,16-17H,12-15H2,1-2H3,(H,31,35)(H,36,37). The largest absolute Gasteiger partial charge is 0.478 e. The summed E-state index contributed by atoms with van der Waals surface area (Å²) in [7, 11) is 0. The van der Waals surface area contributed by atoms with Gasteiger partial charge >= 0.3 is 5.97 Å². The number of pyridine rings is 1. The first-order valence-corrected chi connectivity index (χ1v) is 12.1. The van der Waals surface area contributed by atoms with Gasteiger partial charge in [0.05, 0.1) is 16.6 Å². The number of carbonyl (C=O) groups is 2. The number of benzene rings is 3. The third-order valence-electron chi connectivity index (χ3n) is 6.92. The molecule has 4 aromatic rings. The fourth-order valence-corrected chi connectivity index (χ4v) is 4.73. The Morgan fingerprint density at radius 2 is 1.62 bits per heavy atom. The molecule has 7 nitrogen and oxygen atoms in total. The number of nitrogens with zero attached hydrogens (tertiary/aromatic N) is 3. The van der Waals surface area contributed by atoms with Crippen LogP contribution in [0.15, 0.2) is 66.7 Å². The number of amides is 1. The Morgan fingerprint density at radius 1 is 0.892 bits per heavy atom. The molecule has 0 saturated carbocycles. The number of halogens is 1. The quantitative estimate of drug-likeness (QED) is 0.390. The van der Waals surface area contributed by atoms with Crippen LogP contribution in [-0.4, -0.2) is 48.1 Å². The molecule has 1 fully saturated rings. The highest BCUT2D eigenvalue weighted by Crippen LogP contribution is 2.29.